The molecule has 4 heteroatoms. The molecule has 1 aliphatic heterocycles. The molecule has 4 nitrogen and oxygen atoms in total. The summed E-state index contributed by atoms with van der Waals surface area (Å²) in [6.07, 6.45) is 7.06. The van der Waals surface area contributed by atoms with Crippen LogP contribution in [-0.4, -0.2) is 36.3 Å². The second kappa shape index (κ2) is 6.59. The van der Waals surface area contributed by atoms with E-state index >= 15 is 0 Å². The van der Waals surface area contributed by atoms with Crippen LogP contribution in [0.2, 0.25) is 0 Å². The summed E-state index contributed by atoms with van der Waals surface area (Å²) in [4.78, 5) is 6.66. The van der Waals surface area contributed by atoms with Gasteiger partial charge in [0.25, 0.3) is 0 Å². The van der Waals surface area contributed by atoms with Crippen LogP contribution in [-0.2, 0) is 0 Å². The van der Waals surface area contributed by atoms with Gasteiger partial charge in [-0.3, -0.25) is 4.98 Å². The molecule has 2 heterocycles. The number of hydrogen-bond acceptors (Lipinski definition) is 4. The van der Waals surface area contributed by atoms with Crippen LogP contribution >= 0.6 is 0 Å². The van der Waals surface area contributed by atoms with Crippen molar-refractivity contribution in [2.24, 2.45) is 5.92 Å². The summed E-state index contributed by atoms with van der Waals surface area (Å²) < 4.78 is 0. The van der Waals surface area contributed by atoms with Gasteiger partial charge in [0.05, 0.1) is 23.8 Å². The molecule has 1 aromatic heterocycles. The molecule has 0 aliphatic carbocycles. The highest BCUT2D eigenvalue weighted by Crippen LogP contribution is 2.24. The Morgan fingerprint density at radius 1 is 1.39 bits per heavy atom. The van der Waals surface area contributed by atoms with Crippen molar-refractivity contribution in [3.63, 3.8) is 0 Å². The van der Waals surface area contributed by atoms with Gasteiger partial charge >= 0.3 is 0 Å². The fraction of sp³-hybridized carbons (Fsp3) is 0.643. The number of aliphatic hydroxyl groups is 1. The Kier molecular flexibility index (Phi) is 4.81. The van der Waals surface area contributed by atoms with Crippen LogP contribution in [0.15, 0.2) is 18.5 Å². The quantitative estimate of drug-likeness (QED) is 0.839. The van der Waals surface area contributed by atoms with Gasteiger partial charge in [0.1, 0.15) is 0 Å². The Balaban J connectivity index is 1.96. The Morgan fingerprint density at radius 2 is 2.17 bits per heavy atom. The number of anilines is 2. The standard InChI is InChI=1S/C14H23N3O/c1-2-5-16-13-8-14(10-15-9-13)17-6-3-12(11-18)4-7-17/h8-10,12,16,18H,2-7,11H2,1H3. The van der Waals surface area contributed by atoms with Gasteiger partial charge in [-0.2, -0.15) is 0 Å². The van der Waals surface area contributed by atoms with E-state index in [4.69, 9.17) is 5.11 Å². The molecule has 0 atom stereocenters. The predicted octanol–water partition coefficient (Wildman–Crippen LogP) is 2.11. The van der Waals surface area contributed by atoms with Crippen LogP contribution < -0.4 is 10.2 Å². The Morgan fingerprint density at radius 3 is 2.83 bits per heavy atom. The van der Waals surface area contributed by atoms with Crippen molar-refractivity contribution < 1.29 is 5.11 Å². The molecule has 1 aromatic rings. The number of aromatic nitrogens is 1. The van der Waals surface area contributed by atoms with Crippen LogP contribution in [0.25, 0.3) is 0 Å². The summed E-state index contributed by atoms with van der Waals surface area (Å²) in [6, 6.07) is 2.17. The monoisotopic (exact) mass is 249 g/mol. The maximum atomic E-state index is 9.15. The Hall–Kier alpha value is -1.29. The molecule has 0 radical (unpaired) electrons. The van der Waals surface area contributed by atoms with Crippen molar-refractivity contribution in [1.82, 2.24) is 4.98 Å². The first kappa shape index (κ1) is 13.1. The predicted molar refractivity (Wildman–Crippen MR) is 75.0 cm³/mol. The molecule has 0 unspecified atom stereocenters. The lowest BCUT2D eigenvalue weighted by Crippen LogP contribution is -2.34. The molecule has 1 saturated heterocycles. The number of nitrogens with one attached hydrogen (secondary N) is 1. The van der Waals surface area contributed by atoms with Crippen molar-refractivity contribution in [3.8, 4) is 0 Å². The lowest BCUT2D eigenvalue weighted by atomic mass is 9.97. The molecule has 100 valence electrons. The molecule has 0 bridgehead atoms. The lowest BCUT2D eigenvalue weighted by Gasteiger charge is -2.32. The highest BCUT2D eigenvalue weighted by molar-refractivity contribution is 5.55. The summed E-state index contributed by atoms with van der Waals surface area (Å²) >= 11 is 0. The van der Waals surface area contributed by atoms with Crippen LogP contribution in [0.4, 0.5) is 11.4 Å². The number of aliphatic hydroxyl groups excluding tert-OH is 1. The van der Waals surface area contributed by atoms with Crippen molar-refractivity contribution >= 4 is 11.4 Å². The smallest absolute Gasteiger partial charge is 0.0573 e. The zero-order chi connectivity index (χ0) is 12.8. The van der Waals surface area contributed by atoms with Gasteiger partial charge in [0.2, 0.25) is 0 Å². The number of hydrogen-bond donors (Lipinski definition) is 2. The molecular formula is C14H23N3O. The summed E-state index contributed by atoms with van der Waals surface area (Å²) in [6.45, 7) is 5.50. The third-order valence-electron chi connectivity index (χ3n) is 3.54. The average Bonchev–Trinajstić information content (AvgIpc) is 2.45. The second-order valence-electron chi connectivity index (χ2n) is 4.97. The molecule has 1 aliphatic rings. The number of rotatable bonds is 5. The van der Waals surface area contributed by atoms with Gasteiger partial charge in [-0.25, -0.2) is 0 Å². The van der Waals surface area contributed by atoms with Gasteiger partial charge in [0.15, 0.2) is 0 Å². The summed E-state index contributed by atoms with van der Waals surface area (Å²) in [7, 11) is 0. The number of nitrogens with zero attached hydrogens (tertiary/aromatic N) is 2. The lowest BCUT2D eigenvalue weighted by molar-refractivity contribution is 0.203. The summed E-state index contributed by atoms with van der Waals surface area (Å²) in [5.41, 5.74) is 2.28. The van der Waals surface area contributed by atoms with Crippen molar-refractivity contribution in [2.45, 2.75) is 26.2 Å². The van der Waals surface area contributed by atoms with Crippen LogP contribution in [0.5, 0.6) is 0 Å². The molecule has 18 heavy (non-hydrogen) atoms. The molecule has 0 spiro atoms. The maximum Gasteiger partial charge on any atom is 0.0573 e. The largest absolute Gasteiger partial charge is 0.396 e. The van der Waals surface area contributed by atoms with Gasteiger partial charge < -0.3 is 15.3 Å². The van der Waals surface area contributed by atoms with Crippen molar-refractivity contribution in [1.29, 1.82) is 0 Å². The maximum absolute atomic E-state index is 9.15. The third-order valence-corrected chi connectivity index (χ3v) is 3.54. The van der Waals surface area contributed by atoms with E-state index in [2.05, 4.69) is 28.2 Å². The van der Waals surface area contributed by atoms with Crippen LogP contribution in [0, 0.1) is 5.92 Å². The van der Waals surface area contributed by atoms with E-state index in [-0.39, 0.29) is 0 Å². The van der Waals surface area contributed by atoms with Gasteiger partial charge in [-0.15, -0.1) is 0 Å². The molecule has 0 amide bonds. The number of piperidine rings is 1. The summed E-state index contributed by atoms with van der Waals surface area (Å²) in [5.74, 6) is 0.482. The first-order chi connectivity index (χ1) is 8.83. The first-order valence-corrected chi connectivity index (χ1v) is 6.88. The van der Waals surface area contributed by atoms with Gasteiger partial charge in [-0.1, -0.05) is 6.92 Å². The molecule has 2 rings (SSSR count). The van der Waals surface area contributed by atoms with E-state index in [1.54, 1.807) is 0 Å². The zero-order valence-corrected chi connectivity index (χ0v) is 11.1. The molecule has 1 fully saturated rings. The fourth-order valence-corrected chi connectivity index (χ4v) is 2.34. The normalized spacial score (nSPS) is 16.9. The Bertz CT molecular complexity index is 362. The average molecular weight is 249 g/mol. The van der Waals surface area contributed by atoms with Crippen molar-refractivity contribution in [2.75, 3.05) is 36.5 Å². The second-order valence-corrected chi connectivity index (χ2v) is 4.97. The van der Waals surface area contributed by atoms with E-state index in [9.17, 15) is 0 Å². The fourth-order valence-electron chi connectivity index (χ4n) is 2.34. The van der Waals surface area contributed by atoms with Crippen LogP contribution in [0.3, 0.4) is 0 Å². The SMILES string of the molecule is CCCNc1cncc(N2CCC(CO)CC2)c1. The van der Waals surface area contributed by atoms with Crippen LogP contribution in [0.1, 0.15) is 26.2 Å². The van der Waals surface area contributed by atoms with Crippen molar-refractivity contribution in [3.05, 3.63) is 18.5 Å². The van der Waals surface area contributed by atoms with Gasteiger partial charge in [-0.05, 0) is 31.2 Å². The van der Waals surface area contributed by atoms with E-state index < -0.39 is 0 Å². The molecule has 2 N–H and O–H groups in total. The van der Waals surface area contributed by atoms with E-state index in [0.717, 1.165) is 44.6 Å². The van der Waals surface area contributed by atoms with E-state index in [1.165, 1.54) is 5.69 Å². The minimum absolute atomic E-state index is 0.324. The number of pyridine rings is 1. The highest BCUT2D eigenvalue weighted by atomic mass is 16.3. The van der Waals surface area contributed by atoms with E-state index in [0.29, 0.717) is 12.5 Å². The Labute approximate surface area is 109 Å². The highest BCUT2D eigenvalue weighted by Gasteiger charge is 2.18. The third kappa shape index (κ3) is 3.35. The molecular weight excluding hydrogens is 226 g/mol. The first-order valence-electron chi connectivity index (χ1n) is 6.88. The topological polar surface area (TPSA) is 48.4 Å². The summed E-state index contributed by atoms with van der Waals surface area (Å²) in [5, 5.41) is 12.5. The van der Waals surface area contributed by atoms with E-state index in [1.807, 2.05) is 12.4 Å². The zero-order valence-electron chi connectivity index (χ0n) is 11.1. The van der Waals surface area contributed by atoms with Gasteiger partial charge in [0, 0.05) is 26.2 Å². The minimum Gasteiger partial charge on any atom is -0.396 e. The molecule has 0 aromatic carbocycles. The minimum atomic E-state index is 0.324. The molecule has 0 saturated carbocycles.